The highest BCUT2D eigenvalue weighted by atomic mass is 16.5. The molecule has 2 aliphatic rings. The number of rotatable bonds is 10. The van der Waals surface area contributed by atoms with Crippen LogP contribution in [0.25, 0.3) is 11.1 Å². The maximum atomic E-state index is 12.0. The Balaban J connectivity index is 1.28. The number of carbonyl (C=O) groups excluding carboxylic acids is 1. The van der Waals surface area contributed by atoms with E-state index >= 15 is 0 Å². The summed E-state index contributed by atoms with van der Waals surface area (Å²) in [6.07, 6.45) is 2.70. The molecule has 1 heterocycles. The number of ether oxygens (including phenoxy) is 4. The molecule has 6 nitrogen and oxygen atoms in total. The first-order valence-corrected chi connectivity index (χ1v) is 12.3. The SMILES string of the molecule is CCOCCOc1ccc2c(c1)CCOc1ccc(CNc3cccc(OC(=O)C4CC4)c3)cc1-2. The lowest BCUT2D eigenvalue weighted by molar-refractivity contribution is -0.135. The lowest BCUT2D eigenvalue weighted by Crippen LogP contribution is -2.10. The van der Waals surface area contributed by atoms with Gasteiger partial charge in [-0.05, 0) is 72.9 Å². The van der Waals surface area contributed by atoms with Crippen LogP contribution in [0.4, 0.5) is 5.69 Å². The molecule has 1 N–H and O–H groups in total. The molecule has 0 atom stereocenters. The van der Waals surface area contributed by atoms with Crippen molar-refractivity contribution in [1.82, 2.24) is 0 Å². The summed E-state index contributed by atoms with van der Waals surface area (Å²) in [5, 5.41) is 3.44. The second-order valence-electron chi connectivity index (χ2n) is 8.87. The van der Waals surface area contributed by atoms with E-state index in [9.17, 15) is 4.79 Å². The summed E-state index contributed by atoms with van der Waals surface area (Å²) in [5.74, 6) is 2.28. The molecule has 5 rings (SSSR count). The topological polar surface area (TPSA) is 66.0 Å². The fourth-order valence-electron chi connectivity index (χ4n) is 4.18. The Morgan fingerprint density at radius 3 is 2.77 bits per heavy atom. The lowest BCUT2D eigenvalue weighted by atomic mass is 9.96. The first-order valence-electron chi connectivity index (χ1n) is 12.3. The number of anilines is 1. The van der Waals surface area contributed by atoms with Crippen LogP contribution in [0.15, 0.2) is 60.7 Å². The van der Waals surface area contributed by atoms with Crippen molar-refractivity contribution in [2.24, 2.45) is 5.92 Å². The molecule has 0 unspecified atom stereocenters. The van der Waals surface area contributed by atoms with Gasteiger partial charge in [0.15, 0.2) is 0 Å². The van der Waals surface area contributed by atoms with Crippen molar-refractivity contribution in [3.8, 4) is 28.4 Å². The molecule has 0 spiro atoms. The summed E-state index contributed by atoms with van der Waals surface area (Å²) in [6.45, 7) is 5.07. The Bertz CT molecular complexity index is 1190. The van der Waals surface area contributed by atoms with E-state index in [-0.39, 0.29) is 11.9 Å². The van der Waals surface area contributed by atoms with E-state index in [2.05, 4.69) is 29.6 Å². The fourth-order valence-corrected chi connectivity index (χ4v) is 4.18. The molecule has 6 heteroatoms. The Hall–Kier alpha value is -3.51. The molecule has 3 aromatic carbocycles. The first-order chi connectivity index (χ1) is 17.2. The Morgan fingerprint density at radius 2 is 1.91 bits per heavy atom. The van der Waals surface area contributed by atoms with E-state index < -0.39 is 0 Å². The van der Waals surface area contributed by atoms with Crippen LogP contribution in [-0.2, 0) is 22.5 Å². The predicted molar refractivity (Wildman–Crippen MR) is 135 cm³/mol. The zero-order valence-electron chi connectivity index (χ0n) is 20.0. The van der Waals surface area contributed by atoms with Crippen molar-refractivity contribution < 1.29 is 23.7 Å². The number of hydrogen-bond acceptors (Lipinski definition) is 6. The molecule has 0 aromatic heterocycles. The molecular weight excluding hydrogens is 442 g/mol. The van der Waals surface area contributed by atoms with Crippen LogP contribution in [-0.4, -0.2) is 32.4 Å². The minimum absolute atomic E-state index is 0.0778. The Kier molecular flexibility index (Phi) is 7.19. The van der Waals surface area contributed by atoms with Crippen LogP contribution in [0.3, 0.4) is 0 Å². The van der Waals surface area contributed by atoms with Gasteiger partial charge in [0, 0.05) is 36.9 Å². The number of hydrogen-bond donors (Lipinski definition) is 1. The predicted octanol–water partition coefficient (Wildman–Crippen LogP) is 5.63. The summed E-state index contributed by atoms with van der Waals surface area (Å²) in [4.78, 5) is 12.0. The molecule has 0 bridgehead atoms. The molecule has 0 radical (unpaired) electrons. The van der Waals surface area contributed by atoms with Crippen molar-refractivity contribution in [2.75, 3.05) is 31.7 Å². The minimum Gasteiger partial charge on any atom is -0.493 e. The smallest absolute Gasteiger partial charge is 0.314 e. The van der Waals surface area contributed by atoms with Gasteiger partial charge in [-0.1, -0.05) is 18.2 Å². The summed E-state index contributed by atoms with van der Waals surface area (Å²) < 4.78 is 22.8. The van der Waals surface area contributed by atoms with Crippen molar-refractivity contribution >= 4 is 11.7 Å². The quantitative estimate of drug-likeness (QED) is 0.234. The highest BCUT2D eigenvalue weighted by molar-refractivity contribution is 5.78. The highest BCUT2D eigenvalue weighted by Gasteiger charge is 2.31. The van der Waals surface area contributed by atoms with Gasteiger partial charge in [0.2, 0.25) is 0 Å². The Labute approximate surface area is 206 Å². The molecule has 1 aliphatic carbocycles. The van der Waals surface area contributed by atoms with E-state index in [0.29, 0.717) is 38.7 Å². The summed E-state index contributed by atoms with van der Waals surface area (Å²) in [7, 11) is 0. The molecule has 1 fully saturated rings. The Morgan fingerprint density at radius 1 is 1.00 bits per heavy atom. The monoisotopic (exact) mass is 473 g/mol. The molecule has 1 aliphatic heterocycles. The van der Waals surface area contributed by atoms with E-state index in [4.69, 9.17) is 18.9 Å². The van der Waals surface area contributed by atoms with Crippen molar-refractivity contribution in [3.05, 3.63) is 71.8 Å². The van der Waals surface area contributed by atoms with Gasteiger partial charge >= 0.3 is 5.97 Å². The second kappa shape index (κ2) is 10.8. The van der Waals surface area contributed by atoms with Gasteiger partial charge in [0.05, 0.1) is 19.1 Å². The van der Waals surface area contributed by atoms with Crippen molar-refractivity contribution in [2.45, 2.75) is 32.7 Å². The van der Waals surface area contributed by atoms with E-state index in [1.54, 1.807) is 0 Å². The average Bonchev–Trinajstić information content (AvgIpc) is 3.73. The van der Waals surface area contributed by atoms with Gasteiger partial charge in [-0.2, -0.15) is 0 Å². The van der Waals surface area contributed by atoms with Gasteiger partial charge in [-0.3, -0.25) is 4.79 Å². The van der Waals surface area contributed by atoms with Crippen LogP contribution in [0.2, 0.25) is 0 Å². The largest absolute Gasteiger partial charge is 0.493 e. The maximum absolute atomic E-state index is 12.0. The number of carbonyl (C=O) groups is 1. The maximum Gasteiger partial charge on any atom is 0.314 e. The molecule has 1 saturated carbocycles. The molecular formula is C29H31NO5. The van der Waals surface area contributed by atoms with Crippen LogP contribution in [0, 0.1) is 5.92 Å². The van der Waals surface area contributed by atoms with Crippen LogP contribution in [0.1, 0.15) is 30.9 Å². The fraction of sp³-hybridized carbons (Fsp3) is 0.345. The van der Waals surface area contributed by atoms with Gasteiger partial charge in [0.25, 0.3) is 0 Å². The zero-order chi connectivity index (χ0) is 24.0. The molecule has 0 saturated heterocycles. The number of nitrogens with one attached hydrogen (secondary N) is 1. The van der Waals surface area contributed by atoms with Gasteiger partial charge < -0.3 is 24.3 Å². The van der Waals surface area contributed by atoms with Gasteiger partial charge in [0.1, 0.15) is 23.9 Å². The summed E-state index contributed by atoms with van der Waals surface area (Å²) >= 11 is 0. The molecule has 3 aromatic rings. The summed E-state index contributed by atoms with van der Waals surface area (Å²) in [6, 6.07) is 20.1. The van der Waals surface area contributed by atoms with E-state index in [1.807, 2.05) is 43.3 Å². The number of benzene rings is 3. The third-order valence-electron chi connectivity index (χ3n) is 6.20. The third kappa shape index (κ3) is 5.95. The van der Waals surface area contributed by atoms with E-state index in [0.717, 1.165) is 47.6 Å². The molecule has 35 heavy (non-hydrogen) atoms. The molecule has 0 amide bonds. The standard InChI is InChI=1S/C29H31NO5/c1-2-32-14-15-33-24-9-10-26-22(17-24)12-13-34-28-11-6-20(16-27(26)28)19-30-23-4-3-5-25(18-23)35-29(31)21-7-8-21/h3-6,9-11,16-18,21,30H,2,7-8,12-15,19H2,1H3. The van der Waals surface area contributed by atoms with Crippen LogP contribution in [0.5, 0.6) is 17.2 Å². The molecule has 182 valence electrons. The second-order valence-corrected chi connectivity index (χ2v) is 8.87. The zero-order valence-corrected chi connectivity index (χ0v) is 20.0. The first kappa shape index (κ1) is 23.2. The highest BCUT2D eigenvalue weighted by Crippen LogP contribution is 2.38. The van der Waals surface area contributed by atoms with Gasteiger partial charge in [-0.15, -0.1) is 0 Å². The van der Waals surface area contributed by atoms with Gasteiger partial charge in [-0.25, -0.2) is 0 Å². The average molecular weight is 474 g/mol. The van der Waals surface area contributed by atoms with Crippen LogP contribution >= 0.6 is 0 Å². The minimum atomic E-state index is -0.130. The van der Waals surface area contributed by atoms with E-state index in [1.165, 1.54) is 11.1 Å². The lowest BCUT2D eigenvalue weighted by Gasteiger charge is -2.14. The summed E-state index contributed by atoms with van der Waals surface area (Å²) in [5.41, 5.74) is 5.52. The van der Waals surface area contributed by atoms with Crippen molar-refractivity contribution in [1.29, 1.82) is 0 Å². The normalized spacial score (nSPS) is 14.2. The van der Waals surface area contributed by atoms with Crippen LogP contribution < -0.4 is 19.5 Å². The number of esters is 1. The third-order valence-corrected chi connectivity index (χ3v) is 6.20. The number of fused-ring (bicyclic) bond motifs is 3. The van der Waals surface area contributed by atoms with Crippen molar-refractivity contribution in [3.63, 3.8) is 0 Å².